The highest BCUT2D eigenvalue weighted by Gasteiger charge is 2.22. The summed E-state index contributed by atoms with van der Waals surface area (Å²) in [6.45, 7) is 0. The number of benzene rings is 1. The minimum absolute atomic E-state index is 0.0917. The molecule has 25 heavy (non-hydrogen) atoms. The second-order valence-electron chi connectivity index (χ2n) is 5.56. The zero-order chi connectivity index (χ0) is 18.2. The Hall–Kier alpha value is -2.48. The Morgan fingerprint density at radius 3 is 2.76 bits per heavy atom. The van der Waals surface area contributed by atoms with Gasteiger partial charge in [0, 0.05) is 23.5 Å². The van der Waals surface area contributed by atoms with Gasteiger partial charge in [-0.25, -0.2) is 0 Å². The van der Waals surface area contributed by atoms with E-state index in [4.69, 9.17) is 0 Å². The van der Waals surface area contributed by atoms with Gasteiger partial charge in [-0.2, -0.15) is 11.8 Å². The van der Waals surface area contributed by atoms with Gasteiger partial charge in [-0.3, -0.25) is 9.59 Å². The van der Waals surface area contributed by atoms with E-state index in [1.54, 1.807) is 6.20 Å². The first kappa shape index (κ1) is 18.9. The highest BCUT2D eigenvalue weighted by atomic mass is 32.2. The molecule has 2 atom stereocenters. The largest absolute Gasteiger partial charge is 0.548 e. The van der Waals surface area contributed by atoms with E-state index < -0.39 is 24.0 Å². The molecule has 0 spiro atoms. The van der Waals surface area contributed by atoms with E-state index in [0.29, 0.717) is 18.6 Å². The molecule has 7 nitrogen and oxygen atoms in total. The van der Waals surface area contributed by atoms with Gasteiger partial charge in [0.2, 0.25) is 12.3 Å². The van der Waals surface area contributed by atoms with Gasteiger partial charge in [-0.1, -0.05) is 18.2 Å². The number of fused-ring (bicyclic) bond motifs is 1. The Morgan fingerprint density at radius 1 is 1.32 bits per heavy atom. The number of hydrogen-bond acceptors (Lipinski definition) is 5. The molecule has 0 saturated carbocycles. The highest BCUT2D eigenvalue weighted by molar-refractivity contribution is 7.98. The molecule has 8 heteroatoms. The molecule has 1 heterocycles. The maximum absolute atomic E-state index is 12.3. The van der Waals surface area contributed by atoms with Gasteiger partial charge in [-0.15, -0.1) is 0 Å². The maximum atomic E-state index is 12.3. The van der Waals surface area contributed by atoms with Crippen LogP contribution in [0.25, 0.3) is 10.9 Å². The lowest BCUT2D eigenvalue weighted by molar-refractivity contribution is -0.308. The summed E-state index contributed by atoms with van der Waals surface area (Å²) >= 11 is 1.53. The minimum Gasteiger partial charge on any atom is -0.548 e. The van der Waals surface area contributed by atoms with Crippen LogP contribution in [0.1, 0.15) is 12.0 Å². The number of nitrogens with one attached hydrogen (secondary N) is 3. The Bertz CT molecular complexity index is 746. The third kappa shape index (κ3) is 4.99. The molecule has 134 valence electrons. The van der Waals surface area contributed by atoms with Gasteiger partial charge in [0.15, 0.2) is 0 Å². The fourth-order valence-corrected chi connectivity index (χ4v) is 3.07. The lowest BCUT2D eigenvalue weighted by Gasteiger charge is -2.23. The van der Waals surface area contributed by atoms with Crippen molar-refractivity contribution in [2.24, 2.45) is 0 Å². The van der Waals surface area contributed by atoms with Crippen molar-refractivity contribution < 1.29 is 19.5 Å². The lowest BCUT2D eigenvalue weighted by atomic mass is 10.0. The number of carbonyl (C=O) groups is 3. The van der Waals surface area contributed by atoms with Crippen molar-refractivity contribution in [2.45, 2.75) is 24.9 Å². The number of H-pyrrole nitrogens is 1. The molecule has 3 N–H and O–H groups in total. The van der Waals surface area contributed by atoms with Crippen LogP contribution in [0.4, 0.5) is 0 Å². The van der Waals surface area contributed by atoms with E-state index in [1.165, 1.54) is 11.8 Å². The summed E-state index contributed by atoms with van der Waals surface area (Å²) < 4.78 is 0. The minimum atomic E-state index is -1.37. The smallest absolute Gasteiger partial charge is 0.243 e. The summed E-state index contributed by atoms with van der Waals surface area (Å²) in [6.07, 6.45) is 4.56. The second kappa shape index (κ2) is 9.12. The Labute approximate surface area is 149 Å². The molecule has 2 amide bonds. The maximum Gasteiger partial charge on any atom is 0.243 e. The van der Waals surface area contributed by atoms with Crippen LogP contribution in [-0.2, 0) is 20.8 Å². The Balaban J connectivity index is 2.10. The van der Waals surface area contributed by atoms with E-state index in [0.717, 1.165) is 16.5 Å². The summed E-state index contributed by atoms with van der Waals surface area (Å²) in [7, 11) is 0. The molecule has 2 rings (SSSR count). The summed E-state index contributed by atoms with van der Waals surface area (Å²) in [5, 5.41) is 17.3. The summed E-state index contributed by atoms with van der Waals surface area (Å²) in [6, 6.07) is 5.55. The number of amides is 2. The average Bonchev–Trinajstić information content (AvgIpc) is 3.01. The number of thioether (sulfide) groups is 1. The molecular formula is C17H20N3O4S-. The first-order valence-corrected chi connectivity index (χ1v) is 9.21. The summed E-state index contributed by atoms with van der Waals surface area (Å²) in [5.41, 5.74) is 1.66. The van der Waals surface area contributed by atoms with Crippen LogP contribution in [0.3, 0.4) is 0 Å². The molecule has 0 saturated heterocycles. The van der Waals surface area contributed by atoms with Crippen LogP contribution in [0.2, 0.25) is 0 Å². The number of carboxylic acids is 1. The van der Waals surface area contributed by atoms with Gasteiger partial charge >= 0.3 is 0 Å². The first-order valence-electron chi connectivity index (χ1n) is 7.81. The normalized spacial score (nSPS) is 13.2. The zero-order valence-corrected chi connectivity index (χ0v) is 14.6. The topological polar surface area (TPSA) is 114 Å². The van der Waals surface area contributed by atoms with Crippen LogP contribution < -0.4 is 15.7 Å². The van der Waals surface area contributed by atoms with Gasteiger partial charge in [-0.05, 0) is 30.1 Å². The van der Waals surface area contributed by atoms with Crippen LogP contribution in [0, 0.1) is 0 Å². The third-order valence-electron chi connectivity index (χ3n) is 3.90. The number of carbonyl (C=O) groups excluding carboxylic acids is 3. The molecule has 0 aliphatic rings. The highest BCUT2D eigenvalue weighted by Crippen LogP contribution is 2.19. The van der Waals surface area contributed by atoms with Gasteiger partial charge in [0.05, 0.1) is 12.0 Å². The van der Waals surface area contributed by atoms with Gasteiger partial charge in [0.25, 0.3) is 0 Å². The monoisotopic (exact) mass is 362 g/mol. The first-order chi connectivity index (χ1) is 12.1. The fraction of sp³-hybridized carbons (Fsp3) is 0.353. The van der Waals surface area contributed by atoms with Crippen molar-refractivity contribution in [3.8, 4) is 0 Å². The zero-order valence-electron chi connectivity index (χ0n) is 13.8. The predicted molar refractivity (Wildman–Crippen MR) is 94.9 cm³/mol. The third-order valence-corrected chi connectivity index (χ3v) is 4.54. The fourth-order valence-electron chi connectivity index (χ4n) is 2.59. The Morgan fingerprint density at radius 2 is 2.08 bits per heavy atom. The van der Waals surface area contributed by atoms with E-state index in [9.17, 15) is 19.5 Å². The summed E-state index contributed by atoms with van der Waals surface area (Å²) in [4.78, 5) is 37.5. The number of rotatable bonds is 10. The van der Waals surface area contributed by atoms with E-state index >= 15 is 0 Å². The van der Waals surface area contributed by atoms with Crippen molar-refractivity contribution in [2.75, 3.05) is 12.0 Å². The molecule has 0 aliphatic carbocycles. The van der Waals surface area contributed by atoms with E-state index in [1.807, 2.05) is 30.5 Å². The summed E-state index contributed by atoms with van der Waals surface area (Å²) in [5.74, 6) is -1.24. The van der Waals surface area contributed by atoms with E-state index in [-0.39, 0.29) is 6.42 Å². The molecule has 0 fully saturated rings. The quantitative estimate of drug-likeness (QED) is 0.507. The molecule has 0 bridgehead atoms. The van der Waals surface area contributed by atoms with Crippen molar-refractivity contribution in [1.29, 1.82) is 0 Å². The molecule has 1 aromatic heterocycles. The standard InChI is InChI=1S/C17H21N3O4S/c1-25-7-6-14(19-10-21)16(22)20-15(17(23)24)8-11-9-18-13-5-3-2-4-12(11)13/h2-5,9-10,14-15,18H,6-8H2,1H3,(H,19,21)(H,20,22)(H,23,24)/p-1/t14-,15-/m0/s1. The number of para-hydroxylation sites is 1. The number of hydrogen-bond donors (Lipinski definition) is 3. The molecule has 2 aromatic rings. The number of aliphatic carboxylic acids is 1. The Kier molecular flexibility index (Phi) is 6.88. The van der Waals surface area contributed by atoms with Gasteiger partial charge < -0.3 is 25.5 Å². The lowest BCUT2D eigenvalue weighted by Crippen LogP contribution is -2.54. The average molecular weight is 362 g/mol. The number of aromatic amines is 1. The molecule has 0 unspecified atom stereocenters. The van der Waals surface area contributed by atoms with Crippen molar-refractivity contribution in [3.63, 3.8) is 0 Å². The molecule has 1 aromatic carbocycles. The van der Waals surface area contributed by atoms with E-state index in [2.05, 4.69) is 15.6 Å². The van der Waals surface area contributed by atoms with Crippen molar-refractivity contribution in [3.05, 3.63) is 36.0 Å². The van der Waals surface area contributed by atoms with Crippen molar-refractivity contribution >= 4 is 41.0 Å². The van der Waals surface area contributed by atoms with Crippen LogP contribution in [-0.4, -0.2) is 47.4 Å². The predicted octanol–water partition coefficient (Wildman–Crippen LogP) is -0.187. The molecular weight excluding hydrogens is 342 g/mol. The molecule has 0 radical (unpaired) electrons. The molecule has 0 aliphatic heterocycles. The van der Waals surface area contributed by atoms with Crippen LogP contribution in [0.15, 0.2) is 30.5 Å². The number of carboxylic acid groups (broad SMARTS) is 1. The van der Waals surface area contributed by atoms with Gasteiger partial charge in [0.1, 0.15) is 6.04 Å². The van der Waals surface area contributed by atoms with Crippen molar-refractivity contribution in [1.82, 2.24) is 15.6 Å². The van der Waals surface area contributed by atoms with Crippen LogP contribution >= 0.6 is 11.8 Å². The number of aromatic nitrogens is 1. The van der Waals surface area contributed by atoms with Crippen LogP contribution in [0.5, 0.6) is 0 Å². The second-order valence-corrected chi connectivity index (χ2v) is 6.55. The SMILES string of the molecule is CSCC[C@H](NC=O)C(=O)N[C@@H](Cc1c[nH]c2ccccc12)C(=O)[O-].